The van der Waals surface area contributed by atoms with Crippen LogP contribution in [0.5, 0.6) is 0 Å². The Morgan fingerprint density at radius 3 is 2.11 bits per heavy atom. The zero-order chi connectivity index (χ0) is 20.0. The first-order chi connectivity index (χ1) is 13.4. The predicted octanol–water partition coefficient (Wildman–Crippen LogP) is 6.11. The molecule has 2 aromatic carbocycles. The highest BCUT2D eigenvalue weighted by atomic mass is 16.5. The molecule has 0 aliphatic carbocycles. The van der Waals surface area contributed by atoms with Crippen molar-refractivity contribution >= 4 is 0 Å². The molecule has 1 aliphatic heterocycles. The molecule has 1 fully saturated rings. The van der Waals surface area contributed by atoms with Gasteiger partial charge in [0.15, 0.2) is 0 Å². The van der Waals surface area contributed by atoms with Gasteiger partial charge in [0.05, 0.1) is 5.60 Å². The summed E-state index contributed by atoms with van der Waals surface area (Å²) >= 11 is 0. The van der Waals surface area contributed by atoms with Gasteiger partial charge in [-0.2, -0.15) is 0 Å². The average Bonchev–Trinajstić information content (AvgIpc) is 2.66. The van der Waals surface area contributed by atoms with E-state index >= 15 is 0 Å². The summed E-state index contributed by atoms with van der Waals surface area (Å²) in [5, 5.41) is 0. The fourth-order valence-electron chi connectivity index (χ4n) is 4.79. The van der Waals surface area contributed by atoms with E-state index in [4.69, 9.17) is 4.74 Å². The summed E-state index contributed by atoms with van der Waals surface area (Å²) in [6, 6.07) is 22.4. The monoisotopic (exact) mass is 379 g/mol. The summed E-state index contributed by atoms with van der Waals surface area (Å²) in [6.07, 6.45) is 4.66. The van der Waals surface area contributed by atoms with E-state index in [0.717, 1.165) is 39.0 Å². The van der Waals surface area contributed by atoms with E-state index in [-0.39, 0.29) is 5.60 Å². The molecular weight excluding hydrogens is 342 g/mol. The van der Waals surface area contributed by atoms with Crippen LogP contribution in [0.4, 0.5) is 0 Å². The van der Waals surface area contributed by atoms with Gasteiger partial charge in [0.25, 0.3) is 0 Å². The molecule has 1 heterocycles. The van der Waals surface area contributed by atoms with Gasteiger partial charge in [-0.15, -0.1) is 0 Å². The fourth-order valence-corrected chi connectivity index (χ4v) is 4.79. The lowest BCUT2D eigenvalue weighted by Crippen LogP contribution is -2.44. The molecule has 28 heavy (non-hydrogen) atoms. The molecule has 1 atom stereocenters. The van der Waals surface area contributed by atoms with Crippen molar-refractivity contribution in [2.45, 2.75) is 71.6 Å². The highest BCUT2D eigenvalue weighted by Gasteiger charge is 2.40. The van der Waals surface area contributed by atoms with E-state index in [1.165, 1.54) is 17.5 Å². The Morgan fingerprint density at radius 2 is 1.54 bits per heavy atom. The first-order valence-electron chi connectivity index (χ1n) is 10.8. The van der Waals surface area contributed by atoms with E-state index in [2.05, 4.69) is 93.3 Å². The third-order valence-corrected chi connectivity index (χ3v) is 6.24. The van der Waals surface area contributed by atoms with Crippen LogP contribution >= 0.6 is 0 Å². The second-order valence-corrected chi connectivity index (χ2v) is 9.50. The molecule has 2 aromatic rings. The molecule has 1 aliphatic rings. The maximum atomic E-state index is 6.09. The Hall–Kier alpha value is -1.64. The van der Waals surface area contributed by atoms with Gasteiger partial charge < -0.3 is 4.74 Å². The minimum Gasteiger partial charge on any atom is -0.376 e. The zero-order valence-electron chi connectivity index (χ0n) is 18.2. The molecule has 0 spiro atoms. The van der Waals surface area contributed by atoms with Crippen molar-refractivity contribution in [2.75, 3.05) is 13.2 Å². The number of rotatable bonds is 8. The highest BCUT2D eigenvalue weighted by Crippen LogP contribution is 2.44. The van der Waals surface area contributed by atoms with Crippen LogP contribution in [-0.2, 0) is 17.7 Å². The molecule has 0 N–H and O–H groups in total. The molecule has 2 heteroatoms. The third kappa shape index (κ3) is 5.93. The minimum atomic E-state index is -0.0326. The molecule has 152 valence electrons. The number of benzene rings is 2. The van der Waals surface area contributed by atoms with Crippen LogP contribution in [0.25, 0.3) is 0 Å². The maximum Gasteiger partial charge on any atom is 0.0631 e. The van der Waals surface area contributed by atoms with Crippen LogP contribution in [0.15, 0.2) is 60.7 Å². The van der Waals surface area contributed by atoms with Crippen LogP contribution in [0.2, 0.25) is 0 Å². The Morgan fingerprint density at radius 1 is 0.929 bits per heavy atom. The lowest BCUT2D eigenvalue weighted by atomic mass is 9.68. The highest BCUT2D eigenvalue weighted by molar-refractivity contribution is 5.18. The summed E-state index contributed by atoms with van der Waals surface area (Å²) in [4.78, 5) is 2.63. The SMILES string of the molecule is CC(C)N(CC[C@@]1(Cc2ccccc2)CCOC(C)(C)C1)Cc1ccccc1. The summed E-state index contributed by atoms with van der Waals surface area (Å²) in [5.41, 5.74) is 3.14. The van der Waals surface area contributed by atoms with Gasteiger partial charge in [0, 0.05) is 19.2 Å². The van der Waals surface area contributed by atoms with Gasteiger partial charge >= 0.3 is 0 Å². The number of ether oxygens (including phenoxy) is 1. The molecule has 0 saturated carbocycles. The second kappa shape index (κ2) is 9.24. The van der Waals surface area contributed by atoms with Crippen LogP contribution in [0.3, 0.4) is 0 Å². The van der Waals surface area contributed by atoms with E-state index in [9.17, 15) is 0 Å². The molecular formula is C26H37NO. The minimum absolute atomic E-state index is 0.0326. The number of hydrogen-bond donors (Lipinski definition) is 0. The molecule has 2 nitrogen and oxygen atoms in total. The van der Waals surface area contributed by atoms with E-state index in [0.29, 0.717) is 11.5 Å². The Balaban J connectivity index is 1.74. The van der Waals surface area contributed by atoms with Crippen LogP contribution in [0.1, 0.15) is 58.1 Å². The van der Waals surface area contributed by atoms with Crippen molar-refractivity contribution in [3.05, 3.63) is 71.8 Å². The topological polar surface area (TPSA) is 12.5 Å². The lowest BCUT2D eigenvalue weighted by Gasteiger charge is -2.46. The third-order valence-electron chi connectivity index (χ3n) is 6.24. The van der Waals surface area contributed by atoms with Gasteiger partial charge in [-0.25, -0.2) is 0 Å². The van der Waals surface area contributed by atoms with Gasteiger partial charge in [-0.05, 0) is 76.5 Å². The summed E-state index contributed by atoms with van der Waals surface area (Å²) < 4.78 is 6.09. The molecule has 0 aromatic heterocycles. The quantitative estimate of drug-likeness (QED) is 0.549. The fraction of sp³-hybridized carbons (Fsp3) is 0.538. The average molecular weight is 380 g/mol. The summed E-state index contributed by atoms with van der Waals surface area (Å²) in [6.45, 7) is 12.2. The normalized spacial score (nSPS) is 21.9. The zero-order valence-corrected chi connectivity index (χ0v) is 18.2. The lowest BCUT2D eigenvalue weighted by molar-refractivity contribution is -0.109. The van der Waals surface area contributed by atoms with Gasteiger partial charge in [0.2, 0.25) is 0 Å². The van der Waals surface area contributed by atoms with Crippen LogP contribution in [-0.4, -0.2) is 29.7 Å². The first kappa shape index (κ1) is 21.1. The van der Waals surface area contributed by atoms with Crippen molar-refractivity contribution in [1.82, 2.24) is 4.90 Å². The summed E-state index contributed by atoms with van der Waals surface area (Å²) in [7, 11) is 0. The van der Waals surface area contributed by atoms with Crippen molar-refractivity contribution in [1.29, 1.82) is 0 Å². The Bertz CT molecular complexity index is 710. The molecule has 0 unspecified atom stereocenters. The van der Waals surface area contributed by atoms with Crippen LogP contribution in [0, 0.1) is 5.41 Å². The molecule has 1 saturated heterocycles. The molecule has 0 bridgehead atoms. The van der Waals surface area contributed by atoms with Gasteiger partial charge in [-0.1, -0.05) is 60.7 Å². The maximum absolute atomic E-state index is 6.09. The van der Waals surface area contributed by atoms with E-state index < -0.39 is 0 Å². The molecule has 3 rings (SSSR count). The second-order valence-electron chi connectivity index (χ2n) is 9.50. The van der Waals surface area contributed by atoms with Crippen molar-refractivity contribution in [2.24, 2.45) is 5.41 Å². The van der Waals surface area contributed by atoms with Crippen LogP contribution < -0.4 is 0 Å². The van der Waals surface area contributed by atoms with Crippen molar-refractivity contribution in [3.8, 4) is 0 Å². The standard InChI is InChI=1S/C26H37NO/c1-22(2)27(20-24-13-9-6-10-14-24)17-15-26(16-18-28-25(3,4)21-26)19-23-11-7-5-8-12-23/h5-14,22H,15-21H2,1-4H3/t26-/m0/s1. The largest absolute Gasteiger partial charge is 0.376 e. The predicted molar refractivity (Wildman–Crippen MR) is 118 cm³/mol. The molecule has 0 radical (unpaired) electrons. The van der Waals surface area contributed by atoms with Gasteiger partial charge in [0.1, 0.15) is 0 Å². The number of nitrogens with zero attached hydrogens (tertiary/aromatic N) is 1. The first-order valence-corrected chi connectivity index (χ1v) is 10.8. The molecule has 0 amide bonds. The van der Waals surface area contributed by atoms with E-state index in [1.54, 1.807) is 0 Å². The van der Waals surface area contributed by atoms with Crippen molar-refractivity contribution < 1.29 is 4.74 Å². The Labute approximate surface area is 171 Å². The van der Waals surface area contributed by atoms with Crippen molar-refractivity contribution in [3.63, 3.8) is 0 Å². The van der Waals surface area contributed by atoms with Gasteiger partial charge in [-0.3, -0.25) is 4.90 Å². The Kier molecular flexibility index (Phi) is 6.95. The summed E-state index contributed by atoms with van der Waals surface area (Å²) in [5.74, 6) is 0. The smallest absolute Gasteiger partial charge is 0.0631 e. The number of hydrogen-bond acceptors (Lipinski definition) is 2. The van der Waals surface area contributed by atoms with E-state index in [1.807, 2.05) is 0 Å².